The van der Waals surface area contributed by atoms with Gasteiger partial charge in [-0.1, -0.05) is 0 Å². The lowest BCUT2D eigenvalue weighted by Crippen LogP contribution is -2.08. The van der Waals surface area contributed by atoms with E-state index < -0.39 is 6.16 Å². The summed E-state index contributed by atoms with van der Waals surface area (Å²) in [6, 6.07) is 2.02. The van der Waals surface area contributed by atoms with Gasteiger partial charge in [-0.15, -0.1) is 0 Å². The first kappa shape index (κ1) is 7.86. The van der Waals surface area contributed by atoms with Crippen molar-refractivity contribution in [2.45, 2.75) is 25.4 Å². The minimum absolute atomic E-state index is 0.129. The van der Waals surface area contributed by atoms with E-state index in [1.165, 1.54) is 0 Å². The van der Waals surface area contributed by atoms with E-state index in [1.54, 1.807) is 0 Å². The maximum atomic E-state index is 10.4. The van der Waals surface area contributed by atoms with Crippen molar-refractivity contribution in [1.29, 1.82) is 5.26 Å². The molecule has 0 spiro atoms. The van der Waals surface area contributed by atoms with E-state index in [0.29, 0.717) is 13.0 Å². The number of rotatable bonds is 3. The number of ether oxygens (including phenoxy) is 2. The number of nitrogens with zero attached hydrogens (tertiary/aromatic N) is 1. The molecule has 0 N–H and O–H groups in total. The molecular weight excluding hydrogens is 146 g/mol. The molecular formula is C7H9NO3. The van der Waals surface area contributed by atoms with Crippen LogP contribution in [-0.4, -0.2) is 18.9 Å². The van der Waals surface area contributed by atoms with Gasteiger partial charge >= 0.3 is 6.16 Å². The molecule has 0 aromatic heterocycles. The van der Waals surface area contributed by atoms with Crippen LogP contribution in [0, 0.1) is 11.3 Å². The second kappa shape index (κ2) is 3.81. The smallest absolute Gasteiger partial charge is 0.430 e. The molecule has 1 unspecified atom stereocenters. The van der Waals surface area contributed by atoms with Crippen molar-refractivity contribution in [2.24, 2.45) is 0 Å². The zero-order valence-electron chi connectivity index (χ0n) is 6.08. The highest BCUT2D eigenvalue weighted by molar-refractivity contribution is 5.61. The third-order valence-corrected chi connectivity index (χ3v) is 1.46. The van der Waals surface area contributed by atoms with Crippen LogP contribution in [0.2, 0.25) is 0 Å². The molecule has 1 fully saturated rings. The highest BCUT2D eigenvalue weighted by atomic mass is 16.8. The quantitative estimate of drug-likeness (QED) is 0.454. The first-order chi connectivity index (χ1) is 5.33. The first-order valence-electron chi connectivity index (χ1n) is 3.53. The molecule has 1 atom stereocenters. The Bertz CT molecular complexity index is 185. The molecule has 0 saturated carbocycles. The van der Waals surface area contributed by atoms with Crippen molar-refractivity contribution in [3.63, 3.8) is 0 Å². The third kappa shape index (κ3) is 2.46. The van der Waals surface area contributed by atoms with Gasteiger partial charge in [0.1, 0.15) is 12.7 Å². The van der Waals surface area contributed by atoms with E-state index in [2.05, 4.69) is 4.74 Å². The number of hydrogen-bond donors (Lipinski definition) is 0. The molecule has 60 valence electrons. The number of unbranched alkanes of at least 4 members (excludes halogenated alkanes) is 1. The lowest BCUT2D eigenvalue weighted by atomic mass is 10.2. The Morgan fingerprint density at radius 2 is 2.55 bits per heavy atom. The molecule has 0 bridgehead atoms. The van der Waals surface area contributed by atoms with Crippen molar-refractivity contribution in [1.82, 2.24) is 0 Å². The van der Waals surface area contributed by atoms with Gasteiger partial charge in [-0.3, -0.25) is 0 Å². The zero-order chi connectivity index (χ0) is 8.10. The summed E-state index contributed by atoms with van der Waals surface area (Å²) in [4.78, 5) is 10.4. The molecule has 1 aliphatic heterocycles. The van der Waals surface area contributed by atoms with Crippen LogP contribution in [0.4, 0.5) is 4.79 Å². The Hall–Kier alpha value is -1.24. The summed E-state index contributed by atoms with van der Waals surface area (Å²) in [5.74, 6) is 0. The summed E-state index contributed by atoms with van der Waals surface area (Å²) in [6.07, 6.45) is 1.27. The van der Waals surface area contributed by atoms with Crippen LogP contribution in [0.5, 0.6) is 0 Å². The van der Waals surface area contributed by atoms with E-state index >= 15 is 0 Å². The molecule has 1 saturated heterocycles. The van der Waals surface area contributed by atoms with Gasteiger partial charge in [-0.2, -0.15) is 5.26 Å². The molecule has 1 rings (SSSR count). The van der Waals surface area contributed by atoms with Crippen LogP contribution in [0.25, 0.3) is 0 Å². The van der Waals surface area contributed by atoms with Gasteiger partial charge in [-0.25, -0.2) is 4.79 Å². The molecule has 0 aromatic rings. The summed E-state index contributed by atoms with van der Waals surface area (Å²) >= 11 is 0. The fraction of sp³-hybridized carbons (Fsp3) is 0.714. The van der Waals surface area contributed by atoms with Gasteiger partial charge in [0.25, 0.3) is 0 Å². The van der Waals surface area contributed by atoms with E-state index in [1.807, 2.05) is 6.07 Å². The van der Waals surface area contributed by atoms with Crippen LogP contribution >= 0.6 is 0 Å². The molecule has 4 nitrogen and oxygen atoms in total. The van der Waals surface area contributed by atoms with E-state index in [4.69, 9.17) is 10.00 Å². The maximum Gasteiger partial charge on any atom is 0.508 e. The Labute approximate surface area is 64.7 Å². The highest BCUT2D eigenvalue weighted by Gasteiger charge is 2.23. The minimum Gasteiger partial charge on any atom is -0.430 e. The summed E-state index contributed by atoms with van der Waals surface area (Å²) < 4.78 is 9.29. The van der Waals surface area contributed by atoms with Crippen LogP contribution in [-0.2, 0) is 9.47 Å². The molecule has 1 aliphatic rings. The molecule has 11 heavy (non-hydrogen) atoms. The van der Waals surface area contributed by atoms with Crippen molar-refractivity contribution in [2.75, 3.05) is 6.61 Å². The van der Waals surface area contributed by atoms with Gasteiger partial charge in [-0.05, 0) is 12.8 Å². The summed E-state index contributed by atoms with van der Waals surface area (Å²) in [5, 5.41) is 8.20. The number of cyclic esters (lactones) is 2. The van der Waals surface area contributed by atoms with Gasteiger partial charge in [0, 0.05) is 6.42 Å². The van der Waals surface area contributed by atoms with E-state index in [9.17, 15) is 4.79 Å². The van der Waals surface area contributed by atoms with E-state index in [0.717, 1.165) is 12.8 Å². The lowest BCUT2D eigenvalue weighted by Gasteiger charge is -2.01. The van der Waals surface area contributed by atoms with Crippen molar-refractivity contribution in [3.05, 3.63) is 0 Å². The molecule has 4 heteroatoms. The Balaban J connectivity index is 2.09. The zero-order valence-corrected chi connectivity index (χ0v) is 6.08. The first-order valence-corrected chi connectivity index (χ1v) is 3.53. The van der Waals surface area contributed by atoms with Crippen molar-refractivity contribution in [3.8, 4) is 6.07 Å². The van der Waals surface area contributed by atoms with Crippen molar-refractivity contribution >= 4 is 6.16 Å². The molecule has 0 aromatic carbocycles. The second-order valence-corrected chi connectivity index (χ2v) is 2.35. The third-order valence-electron chi connectivity index (χ3n) is 1.46. The van der Waals surface area contributed by atoms with Crippen LogP contribution < -0.4 is 0 Å². The van der Waals surface area contributed by atoms with E-state index in [-0.39, 0.29) is 6.10 Å². The molecule has 0 aliphatic carbocycles. The summed E-state index contributed by atoms with van der Waals surface area (Å²) in [6.45, 7) is 0.338. The molecule has 0 amide bonds. The standard InChI is InChI=1S/C7H9NO3/c8-4-2-1-3-6-5-10-7(9)11-6/h6H,1-3,5H2. The largest absolute Gasteiger partial charge is 0.508 e. The lowest BCUT2D eigenvalue weighted by molar-refractivity contribution is 0.115. The fourth-order valence-electron chi connectivity index (χ4n) is 0.916. The monoisotopic (exact) mass is 155 g/mol. The molecule has 1 heterocycles. The maximum absolute atomic E-state index is 10.4. The average molecular weight is 155 g/mol. The number of nitriles is 1. The van der Waals surface area contributed by atoms with Gasteiger partial charge < -0.3 is 9.47 Å². The second-order valence-electron chi connectivity index (χ2n) is 2.35. The van der Waals surface area contributed by atoms with Gasteiger partial charge in [0.2, 0.25) is 0 Å². The van der Waals surface area contributed by atoms with Gasteiger partial charge in [0.15, 0.2) is 0 Å². The van der Waals surface area contributed by atoms with Crippen LogP contribution in [0.15, 0.2) is 0 Å². The Morgan fingerprint density at radius 1 is 1.73 bits per heavy atom. The van der Waals surface area contributed by atoms with Crippen molar-refractivity contribution < 1.29 is 14.3 Å². The summed E-state index contributed by atoms with van der Waals surface area (Å²) in [5.41, 5.74) is 0. The fourth-order valence-corrected chi connectivity index (χ4v) is 0.916. The molecule has 0 radical (unpaired) electrons. The normalized spacial score (nSPS) is 22.1. The Kier molecular flexibility index (Phi) is 2.73. The predicted octanol–water partition coefficient (Wildman–Crippen LogP) is 1.22. The number of carbonyl (C=O) groups is 1. The van der Waals surface area contributed by atoms with Gasteiger partial charge in [0.05, 0.1) is 6.07 Å². The Morgan fingerprint density at radius 3 is 3.09 bits per heavy atom. The SMILES string of the molecule is N#CCCCC1COC(=O)O1. The minimum atomic E-state index is -0.591. The highest BCUT2D eigenvalue weighted by Crippen LogP contribution is 2.12. The summed E-state index contributed by atoms with van der Waals surface area (Å²) in [7, 11) is 0. The predicted molar refractivity (Wildman–Crippen MR) is 35.7 cm³/mol. The number of hydrogen-bond acceptors (Lipinski definition) is 4. The number of carbonyl (C=O) groups excluding carboxylic acids is 1. The van der Waals surface area contributed by atoms with Crippen LogP contribution in [0.3, 0.4) is 0 Å². The average Bonchev–Trinajstić information content (AvgIpc) is 2.37. The topological polar surface area (TPSA) is 59.3 Å². The van der Waals surface area contributed by atoms with Crippen LogP contribution in [0.1, 0.15) is 19.3 Å².